The third-order valence-electron chi connectivity index (χ3n) is 1.44. The van der Waals surface area contributed by atoms with Crippen LogP contribution in [0.3, 0.4) is 0 Å². The predicted molar refractivity (Wildman–Crippen MR) is 63.1 cm³/mol. The van der Waals surface area contributed by atoms with Crippen LogP contribution in [0.2, 0.25) is 10.0 Å². The molecule has 80 valence electrons. The predicted octanol–water partition coefficient (Wildman–Crippen LogP) is 2.35. The van der Waals surface area contributed by atoms with Crippen LogP contribution >= 0.6 is 23.2 Å². The van der Waals surface area contributed by atoms with Crippen LogP contribution in [0.25, 0.3) is 0 Å². The summed E-state index contributed by atoms with van der Waals surface area (Å²) < 4.78 is 5.29. The Kier molecular flexibility index (Phi) is 4.93. The molecule has 0 heterocycles. The van der Waals surface area contributed by atoms with E-state index in [1.165, 1.54) is 6.21 Å². The first kappa shape index (κ1) is 11.8. The van der Waals surface area contributed by atoms with Crippen LogP contribution in [0, 0.1) is 0 Å². The third kappa shape index (κ3) is 3.77. The quantitative estimate of drug-likeness (QED) is 0.503. The Balaban J connectivity index is 2.57. The minimum atomic E-state index is 0.223. The van der Waals surface area contributed by atoms with E-state index in [9.17, 15) is 0 Å². The zero-order valence-electron chi connectivity index (χ0n) is 7.73. The Morgan fingerprint density at radius 2 is 1.93 bits per heavy atom. The van der Waals surface area contributed by atoms with Crippen molar-refractivity contribution in [3.05, 3.63) is 28.2 Å². The van der Waals surface area contributed by atoms with Gasteiger partial charge in [-0.05, 0) is 12.1 Å². The molecule has 6 heteroatoms. The van der Waals surface area contributed by atoms with Gasteiger partial charge in [-0.1, -0.05) is 29.3 Å². The fourth-order valence-electron chi connectivity index (χ4n) is 0.860. The Morgan fingerprint density at radius 3 is 2.53 bits per heavy atom. The molecule has 0 atom stereocenters. The maximum Gasteiger partial charge on any atom is 0.157 e. The standard InChI is InChI=1S/C9H9Cl2N3O/c10-7-2-1-3-8(11)9(7)15-5-4-13-14-6-12/h1-4,6H,5H2,(H2,12,14). The van der Waals surface area contributed by atoms with Crippen LogP contribution in [0.4, 0.5) is 0 Å². The van der Waals surface area contributed by atoms with Crippen molar-refractivity contribution in [1.82, 2.24) is 0 Å². The number of nitrogens with zero attached hydrogens (tertiary/aromatic N) is 2. The average Bonchev–Trinajstić information content (AvgIpc) is 2.21. The van der Waals surface area contributed by atoms with Gasteiger partial charge < -0.3 is 10.5 Å². The molecule has 1 aromatic carbocycles. The molecule has 0 saturated heterocycles. The molecule has 0 saturated carbocycles. The minimum absolute atomic E-state index is 0.223. The number of para-hydroxylation sites is 1. The lowest BCUT2D eigenvalue weighted by Gasteiger charge is -2.06. The van der Waals surface area contributed by atoms with Crippen molar-refractivity contribution in [2.45, 2.75) is 0 Å². The topological polar surface area (TPSA) is 60.0 Å². The lowest BCUT2D eigenvalue weighted by Crippen LogP contribution is -1.99. The summed E-state index contributed by atoms with van der Waals surface area (Å²) in [5, 5.41) is 7.91. The number of nitrogens with two attached hydrogens (primary N) is 1. The van der Waals surface area contributed by atoms with E-state index < -0.39 is 0 Å². The summed E-state index contributed by atoms with van der Waals surface area (Å²) in [6.45, 7) is 0.223. The highest BCUT2D eigenvalue weighted by Gasteiger charge is 2.04. The molecule has 0 bridgehead atoms. The second-order valence-corrected chi connectivity index (χ2v) is 3.24. The Morgan fingerprint density at radius 1 is 1.27 bits per heavy atom. The van der Waals surface area contributed by atoms with Crippen molar-refractivity contribution >= 4 is 35.8 Å². The van der Waals surface area contributed by atoms with Gasteiger partial charge in [-0.2, -0.15) is 5.10 Å². The first-order valence-corrected chi connectivity index (χ1v) is 4.83. The number of hydrogen-bond donors (Lipinski definition) is 1. The first-order chi connectivity index (χ1) is 7.25. The van der Waals surface area contributed by atoms with Crippen molar-refractivity contribution in [2.75, 3.05) is 6.61 Å². The Labute approximate surface area is 97.3 Å². The van der Waals surface area contributed by atoms with E-state index in [4.69, 9.17) is 33.7 Å². The summed E-state index contributed by atoms with van der Waals surface area (Å²) in [7, 11) is 0. The highest BCUT2D eigenvalue weighted by atomic mass is 35.5. The van der Waals surface area contributed by atoms with Gasteiger partial charge in [0.15, 0.2) is 5.75 Å². The molecule has 4 nitrogen and oxygen atoms in total. The van der Waals surface area contributed by atoms with E-state index in [1.54, 1.807) is 18.2 Å². The van der Waals surface area contributed by atoms with E-state index >= 15 is 0 Å². The Hall–Kier alpha value is -1.26. The zero-order valence-corrected chi connectivity index (χ0v) is 9.24. The highest BCUT2D eigenvalue weighted by Crippen LogP contribution is 2.31. The van der Waals surface area contributed by atoms with Gasteiger partial charge in [-0.25, -0.2) is 0 Å². The highest BCUT2D eigenvalue weighted by molar-refractivity contribution is 6.37. The summed E-state index contributed by atoms with van der Waals surface area (Å²) in [5.41, 5.74) is 4.98. The van der Waals surface area contributed by atoms with E-state index in [-0.39, 0.29) is 6.61 Å². The van der Waals surface area contributed by atoms with Crippen LogP contribution < -0.4 is 10.5 Å². The lowest BCUT2D eigenvalue weighted by atomic mass is 10.3. The molecule has 0 aliphatic carbocycles. The molecule has 0 aliphatic heterocycles. The molecule has 2 N–H and O–H groups in total. The second kappa shape index (κ2) is 6.27. The van der Waals surface area contributed by atoms with Gasteiger partial charge in [0.25, 0.3) is 0 Å². The fourth-order valence-corrected chi connectivity index (χ4v) is 1.37. The van der Waals surface area contributed by atoms with E-state index in [0.29, 0.717) is 15.8 Å². The maximum absolute atomic E-state index is 5.87. The minimum Gasteiger partial charge on any atom is -0.485 e. The van der Waals surface area contributed by atoms with Crippen LogP contribution in [0.5, 0.6) is 5.75 Å². The van der Waals surface area contributed by atoms with Gasteiger partial charge in [0.1, 0.15) is 12.9 Å². The van der Waals surface area contributed by atoms with Gasteiger partial charge in [-0.15, -0.1) is 5.10 Å². The van der Waals surface area contributed by atoms with Crippen molar-refractivity contribution in [3.8, 4) is 5.75 Å². The lowest BCUT2D eigenvalue weighted by molar-refractivity contribution is 0.380. The summed E-state index contributed by atoms with van der Waals surface area (Å²) in [6, 6.07) is 5.13. The van der Waals surface area contributed by atoms with E-state index in [2.05, 4.69) is 10.2 Å². The largest absolute Gasteiger partial charge is 0.485 e. The molecule has 0 amide bonds. The van der Waals surface area contributed by atoms with E-state index in [0.717, 1.165) is 6.34 Å². The molecule has 1 rings (SSSR count). The van der Waals surface area contributed by atoms with Crippen molar-refractivity contribution in [1.29, 1.82) is 0 Å². The van der Waals surface area contributed by atoms with Gasteiger partial charge in [0.2, 0.25) is 0 Å². The molecule has 0 unspecified atom stereocenters. The van der Waals surface area contributed by atoms with Gasteiger partial charge in [0.05, 0.1) is 16.3 Å². The molecule has 1 aromatic rings. The number of ether oxygens (including phenoxy) is 1. The van der Waals surface area contributed by atoms with Gasteiger partial charge in [0, 0.05) is 0 Å². The van der Waals surface area contributed by atoms with Crippen LogP contribution in [-0.4, -0.2) is 19.2 Å². The number of halogens is 2. The third-order valence-corrected chi connectivity index (χ3v) is 2.03. The monoisotopic (exact) mass is 245 g/mol. The molecule has 0 aliphatic rings. The van der Waals surface area contributed by atoms with Crippen LogP contribution in [0.15, 0.2) is 28.4 Å². The van der Waals surface area contributed by atoms with Crippen molar-refractivity contribution in [3.63, 3.8) is 0 Å². The molecule has 15 heavy (non-hydrogen) atoms. The molecule has 0 spiro atoms. The second-order valence-electron chi connectivity index (χ2n) is 2.42. The molecular weight excluding hydrogens is 237 g/mol. The van der Waals surface area contributed by atoms with Gasteiger partial charge in [-0.3, -0.25) is 0 Å². The smallest absolute Gasteiger partial charge is 0.157 e. The summed E-state index contributed by atoms with van der Waals surface area (Å²) in [6.07, 6.45) is 2.53. The summed E-state index contributed by atoms with van der Waals surface area (Å²) >= 11 is 11.7. The molecule has 0 aromatic heterocycles. The van der Waals surface area contributed by atoms with Crippen LogP contribution in [-0.2, 0) is 0 Å². The average molecular weight is 246 g/mol. The summed E-state index contributed by atoms with van der Waals surface area (Å²) in [5.74, 6) is 0.434. The number of benzene rings is 1. The molecular formula is C9H9Cl2N3O. The molecule has 0 radical (unpaired) electrons. The summed E-state index contributed by atoms with van der Waals surface area (Å²) in [4.78, 5) is 0. The molecule has 0 fully saturated rings. The van der Waals surface area contributed by atoms with Crippen LogP contribution in [0.1, 0.15) is 0 Å². The normalized spacial score (nSPS) is 11.3. The fraction of sp³-hybridized carbons (Fsp3) is 0.111. The van der Waals surface area contributed by atoms with Gasteiger partial charge >= 0.3 is 0 Å². The number of rotatable bonds is 4. The first-order valence-electron chi connectivity index (χ1n) is 4.07. The SMILES string of the molecule is N/C=N\N=CCOc1c(Cl)cccc1Cl. The van der Waals surface area contributed by atoms with Crippen molar-refractivity contribution < 1.29 is 4.74 Å². The Bertz CT molecular complexity index is 359. The maximum atomic E-state index is 5.87. The van der Waals surface area contributed by atoms with Crippen molar-refractivity contribution in [2.24, 2.45) is 15.9 Å². The zero-order chi connectivity index (χ0) is 11.1. The number of hydrogen-bond acceptors (Lipinski definition) is 3. The van der Waals surface area contributed by atoms with E-state index in [1.807, 2.05) is 0 Å².